The average Bonchev–Trinajstić information content (AvgIpc) is 2.56. The van der Waals surface area contributed by atoms with Gasteiger partial charge in [-0.3, -0.25) is 24.5 Å². The van der Waals surface area contributed by atoms with Gasteiger partial charge < -0.3 is 0 Å². The first-order valence-electron chi connectivity index (χ1n) is 7.22. The second-order valence-corrected chi connectivity index (χ2v) is 5.66. The van der Waals surface area contributed by atoms with Gasteiger partial charge >= 0.3 is 0 Å². The van der Waals surface area contributed by atoms with E-state index in [0.29, 0.717) is 16.3 Å². The first kappa shape index (κ1) is 14.2. The number of nitro benzene ring substituents is 1. The van der Waals surface area contributed by atoms with Gasteiger partial charge in [0.2, 0.25) is 17.3 Å². The molecule has 2 aliphatic rings. The Morgan fingerprint density at radius 3 is 2.50 bits per heavy atom. The predicted molar refractivity (Wildman–Crippen MR) is 84.8 cm³/mol. The fourth-order valence-electron chi connectivity index (χ4n) is 3.29. The van der Waals surface area contributed by atoms with Crippen molar-refractivity contribution in [2.45, 2.75) is 6.42 Å². The highest BCUT2D eigenvalue weighted by atomic mass is 16.6. The number of allylic oxidation sites excluding steroid dienone is 4. The molecule has 0 atom stereocenters. The van der Waals surface area contributed by atoms with Gasteiger partial charge in [-0.05, 0) is 35.2 Å². The summed E-state index contributed by atoms with van der Waals surface area (Å²) < 4.78 is 0. The topological polar surface area (TPSA) is 94.3 Å². The van der Waals surface area contributed by atoms with Crippen LogP contribution in [0, 0.1) is 10.1 Å². The Morgan fingerprint density at radius 1 is 1.00 bits per heavy atom. The summed E-state index contributed by atoms with van der Waals surface area (Å²) in [4.78, 5) is 47.5. The van der Waals surface area contributed by atoms with Crippen LogP contribution in [0.3, 0.4) is 0 Å². The van der Waals surface area contributed by atoms with E-state index < -0.39 is 22.3 Å². The van der Waals surface area contributed by atoms with Crippen molar-refractivity contribution in [2.75, 3.05) is 0 Å². The summed E-state index contributed by atoms with van der Waals surface area (Å²) in [6.45, 7) is 0. The van der Waals surface area contributed by atoms with Crippen LogP contribution < -0.4 is 0 Å². The van der Waals surface area contributed by atoms with E-state index in [9.17, 15) is 24.5 Å². The molecule has 6 heteroatoms. The van der Waals surface area contributed by atoms with E-state index in [0.717, 1.165) is 6.08 Å². The van der Waals surface area contributed by atoms with E-state index in [1.54, 1.807) is 30.3 Å². The summed E-state index contributed by atoms with van der Waals surface area (Å²) in [5.41, 5.74) is 0.345. The van der Waals surface area contributed by atoms with Gasteiger partial charge in [0.25, 0.3) is 5.69 Å². The zero-order valence-corrected chi connectivity index (χ0v) is 12.2. The third-order valence-electron chi connectivity index (χ3n) is 4.35. The molecule has 0 fully saturated rings. The number of benzene rings is 2. The number of hydrogen-bond acceptors (Lipinski definition) is 5. The first-order chi connectivity index (χ1) is 11.5. The van der Waals surface area contributed by atoms with Gasteiger partial charge in [-0.25, -0.2) is 0 Å². The van der Waals surface area contributed by atoms with Crippen LogP contribution in [0.25, 0.3) is 10.8 Å². The maximum Gasteiger partial charge on any atom is 0.288 e. The summed E-state index contributed by atoms with van der Waals surface area (Å²) in [5.74, 6) is -1.98. The Bertz CT molecular complexity index is 1060. The summed E-state index contributed by atoms with van der Waals surface area (Å²) in [7, 11) is 0. The lowest BCUT2D eigenvalue weighted by Gasteiger charge is -2.21. The largest absolute Gasteiger partial charge is 0.288 e. The predicted octanol–water partition coefficient (Wildman–Crippen LogP) is 2.49. The molecule has 0 bridgehead atoms. The summed E-state index contributed by atoms with van der Waals surface area (Å²) >= 11 is 0. The molecule has 0 amide bonds. The lowest BCUT2D eigenvalue weighted by molar-refractivity contribution is -0.383. The van der Waals surface area contributed by atoms with E-state index in [2.05, 4.69) is 0 Å². The number of nitro groups is 1. The highest BCUT2D eigenvalue weighted by molar-refractivity contribution is 6.50. The Balaban J connectivity index is 2.06. The molecule has 24 heavy (non-hydrogen) atoms. The van der Waals surface area contributed by atoms with E-state index in [1.807, 2.05) is 0 Å². The fraction of sp³-hybridized carbons (Fsp3) is 0.0556. The van der Waals surface area contributed by atoms with Crippen LogP contribution in [-0.4, -0.2) is 22.3 Å². The van der Waals surface area contributed by atoms with Crippen LogP contribution >= 0.6 is 0 Å². The van der Waals surface area contributed by atoms with Gasteiger partial charge in [-0.1, -0.05) is 18.2 Å². The molecule has 0 aliphatic heterocycles. The third kappa shape index (κ3) is 1.80. The van der Waals surface area contributed by atoms with E-state index in [1.165, 1.54) is 6.08 Å². The van der Waals surface area contributed by atoms with Crippen LogP contribution in [0.4, 0.5) is 5.69 Å². The number of fused-ring (bicyclic) bond motifs is 2. The highest BCUT2D eigenvalue weighted by Gasteiger charge is 2.37. The second-order valence-electron chi connectivity index (χ2n) is 5.66. The lowest BCUT2D eigenvalue weighted by Crippen LogP contribution is -2.27. The van der Waals surface area contributed by atoms with E-state index in [-0.39, 0.29) is 28.8 Å². The number of nitrogens with zero attached hydrogens (tertiary/aromatic N) is 1. The SMILES string of the molecule is O=C1C=CC2=C(Cc3cc4ccccc4c([N+](=O)[O-])c3C2=O)C1=O. The molecule has 2 aromatic carbocycles. The molecule has 0 N–H and O–H groups in total. The van der Waals surface area contributed by atoms with Gasteiger partial charge in [0.05, 0.1) is 10.3 Å². The van der Waals surface area contributed by atoms with Crippen molar-refractivity contribution >= 4 is 33.8 Å². The maximum absolute atomic E-state index is 12.8. The smallest absolute Gasteiger partial charge is 0.288 e. The molecule has 0 saturated heterocycles. The number of rotatable bonds is 1. The van der Waals surface area contributed by atoms with Gasteiger partial charge in [0, 0.05) is 17.6 Å². The summed E-state index contributed by atoms with van der Waals surface area (Å²) in [6.07, 6.45) is 2.36. The van der Waals surface area contributed by atoms with Crippen LogP contribution in [-0.2, 0) is 16.0 Å². The zero-order chi connectivity index (χ0) is 17.0. The van der Waals surface area contributed by atoms with Crippen LogP contribution in [0.5, 0.6) is 0 Å². The molecule has 0 unspecified atom stereocenters. The number of ketones is 3. The monoisotopic (exact) mass is 319 g/mol. The molecule has 0 spiro atoms. The van der Waals surface area contributed by atoms with Crippen molar-refractivity contribution in [3.8, 4) is 0 Å². The van der Waals surface area contributed by atoms with Crippen LogP contribution in [0.2, 0.25) is 0 Å². The summed E-state index contributed by atoms with van der Waals surface area (Å²) in [6, 6.07) is 8.39. The minimum atomic E-state index is -0.720. The quantitative estimate of drug-likeness (QED) is 0.348. The third-order valence-corrected chi connectivity index (χ3v) is 4.35. The number of Topliss-reactive ketones (excluding diaryl/α,β-unsaturated/α-hetero) is 2. The molecular formula is C18H9NO5. The Morgan fingerprint density at radius 2 is 1.75 bits per heavy atom. The molecule has 0 heterocycles. The van der Waals surface area contributed by atoms with Gasteiger partial charge in [0.15, 0.2) is 0 Å². The Hall–Kier alpha value is -3.41. The first-order valence-corrected chi connectivity index (χ1v) is 7.22. The van der Waals surface area contributed by atoms with Crippen molar-refractivity contribution in [2.24, 2.45) is 0 Å². The number of carbonyl (C=O) groups is 3. The van der Waals surface area contributed by atoms with Crippen molar-refractivity contribution in [3.63, 3.8) is 0 Å². The molecule has 0 radical (unpaired) electrons. The highest BCUT2D eigenvalue weighted by Crippen LogP contribution is 2.39. The van der Waals surface area contributed by atoms with E-state index >= 15 is 0 Å². The molecule has 116 valence electrons. The number of carbonyl (C=O) groups excluding carboxylic acids is 3. The molecular weight excluding hydrogens is 310 g/mol. The molecule has 2 aliphatic carbocycles. The number of hydrogen-bond donors (Lipinski definition) is 0. The second kappa shape index (κ2) is 4.79. The normalized spacial score (nSPS) is 16.4. The Kier molecular flexibility index (Phi) is 2.83. The van der Waals surface area contributed by atoms with Gasteiger partial charge in [0.1, 0.15) is 5.56 Å². The average molecular weight is 319 g/mol. The summed E-state index contributed by atoms with van der Waals surface area (Å²) in [5, 5.41) is 12.6. The zero-order valence-electron chi connectivity index (χ0n) is 12.2. The van der Waals surface area contributed by atoms with Crippen LogP contribution in [0.15, 0.2) is 53.6 Å². The molecule has 6 nitrogen and oxygen atoms in total. The van der Waals surface area contributed by atoms with Gasteiger partial charge in [-0.15, -0.1) is 0 Å². The minimum absolute atomic E-state index is 0.00393. The van der Waals surface area contributed by atoms with Crippen molar-refractivity contribution in [3.05, 3.63) is 74.9 Å². The van der Waals surface area contributed by atoms with Crippen molar-refractivity contribution in [1.82, 2.24) is 0 Å². The molecule has 2 aromatic rings. The van der Waals surface area contributed by atoms with Crippen molar-refractivity contribution < 1.29 is 19.3 Å². The standard InChI is InChI=1S/C18H9NO5/c20-14-6-5-12-13(17(14)21)8-10-7-9-3-1-2-4-11(9)16(19(23)24)15(10)18(12)22/h1-7H,8H2. The Labute approximate surface area is 135 Å². The molecule has 0 saturated carbocycles. The maximum atomic E-state index is 12.8. The van der Waals surface area contributed by atoms with Crippen LogP contribution in [0.1, 0.15) is 15.9 Å². The molecule has 4 rings (SSSR count). The minimum Gasteiger partial charge on any atom is -0.288 e. The fourth-order valence-corrected chi connectivity index (χ4v) is 3.29. The lowest BCUT2D eigenvalue weighted by atomic mass is 9.78. The van der Waals surface area contributed by atoms with Gasteiger partial charge in [-0.2, -0.15) is 0 Å². The van der Waals surface area contributed by atoms with Crippen molar-refractivity contribution in [1.29, 1.82) is 0 Å². The molecule has 0 aromatic heterocycles. The van der Waals surface area contributed by atoms with E-state index in [4.69, 9.17) is 0 Å².